The Bertz CT molecular complexity index is 1010. The van der Waals surface area contributed by atoms with E-state index in [0.717, 1.165) is 25.7 Å². The fourth-order valence-electron chi connectivity index (χ4n) is 5.10. The summed E-state index contributed by atoms with van der Waals surface area (Å²) in [5, 5.41) is 2.89. The molecule has 7 nitrogen and oxygen atoms in total. The van der Waals surface area contributed by atoms with Crippen molar-refractivity contribution in [3.63, 3.8) is 0 Å². The second kappa shape index (κ2) is 10.8. The molecule has 1 saturated heterocycles. The first-order valence-corrected chi connectivity index (χ1v) is 11.9. The molecule has 2 fully saturated rings. The maximum Gasteiger partial charge on any atom is 0.253 e. The molecular formula is C26H31FN4O3. The number of nitrogens with two attached hydrogens (primary N) is 1. The Labute approximate surface area is 199 Å². The predicted octanol–water partition coefficient (Wildman–Crippen LogP) is 2.49. The van der Waals surface area contributed by atoms with Crippen LogP contribution in [-0.2, 0) is 9.59 Å². The molecule has 3 amide bonds. The summed E-state index contributed by atoms with van der Waals surface area (Å²) in [6.45, 7) is 2.43. The monoisotopic (exact) mass is 466 g/mol. The highest BCUT2D eigenvalue weighted by Crippen LogP contribution is 2.30. The quantitative estimate of drug-likeness (QED) is 0.684. The third-order valence-electron chi connectivity index (χ3n) is 6.93. The lowest BCUT2D eigenvalue weighted by atomic mass is 9.82. The van der Waals surface area contributed by atoms with E-state index >= 15 is 0 Å². The zero-order chi connectivity index (χ0) is 24.1. The van der Waals surface area contributed by atoms with Gasteiger partial charge in [0.1, 0.15) is 11.9 Å². The van der Waals surface area contributed by atoms with Crippen molar-refractivity contribution in [3.05, 3.63) is 71.5 Å². The van der Waals surface area contributed by atoms with Crippen LogP contribution in [0.5, 0.6) is 0 Å². The highest BCUT2D eigenvalue weighted by molar-refractivity contribution is 5.94. The molecule has 3 atom stereocenters. The third-order valence-corrected chi connectivity index (χ3v) is 6.93. The Morgan fingerprint density at radius 2 is 1.56 bits per heavy atom. The number of nitrogens with zero attached hydrogens (tertiary/aromatic N) is 2. The first kappa shape index (κ1) is 23.9. The summed E-state index contributed by atoms with van der Waals surface area (Å²) >= 11 is 0. The minimum Gasteiger partial charge on any atom is -0.368 e. The zero-order valence-corrected chi connectivity index (χ0v) is 19.2. The first-order valence-electron chi connectivity index (χ1n) is 11.9. The van der Waals surface area contributed by atoms with Gasteiger partial charge in [-0.3, -0.25) is 19.3 Å². The minimum atomic E-state index is -0.860. The summed E-state index contributed by atoms with van der Waals surface area (Å²) in [6, 6.07) is 13.8. The summed E-state index contributed by atoms with van der Waals surface area (Å²) in [5.74, 6) is -1.45. The zero-order valence-electron chi connectivity index (χ0n) is 19.2. The molecule has 1 aliphatic heterocycles. The van der Waals surface area contributed by atoms with Crippen LogP contribution in [0.1, 0.15) is 47.6 Å². The van der Waals surface area contributed by atoms with Gasteiger partial charge < -0.3 is 16.0 Å². The van der Waals surface area contributed by atoms with Gasteiger partial charge in [-0.2, -0.15) is 0 Å². The maximum absolute atomic E-state index is 13.3. The van der Waals surface area contributed by atoms with E-state index in [4.69, 9.17) is 5.73 Å². The van der Waals surface area contributed by atoms with Crippen LogP contribution in [0.2, 0.25) is 0 Å². The highest BCUT2D eigenvalue weighted by Gasteiger charge is 2.38. The van der Waals surface area contributed by atoms with Crippen molar-refractivity contribution in [3.8, 4) is 0 Å². The van der Waals surface area contributed by atoms with Crippen LogP contribution in [-0.4, -0.2) is 59.7 Å². The average Bonchev–Trinajstić information content (AvgIpc) is 2.87. The molecule has 0 spiro atoms. The molecule has 0 radical (unpaired) electrons. The van der Waals surface area contributed by atoms with Gasteiger partial charge in [0.15, 0.2) is 0 Å². The molecule has 180 valence electrons. The molecule has 2 aromatic rings. The number of carbonyl (C=O) groups is 3. The number of nitrogens with one attached hydrogen (secondary N) is 1. The molecule has 8 heteroatoms. The minimum absolute atomic E-state index is 0.0566. The van der Waals surface area contributed by atoms with Gasteiger partial charge in [-0.1, -0.05) is 43.2 Å². The predicted molar refractivity (Wildman–Crippen MR) is 126 cm³/mol. The number of primary amides is 1. The standard InChI is InChI=1S/C26H31FN4O3/c27-20-12-10-19(11-13-20)26(34)31-16-14-30(15-17-31)22-9-5-4-8-21(22)25(33)29-23(24(28)32)18-6-2-1-3-7-18/h1-3,6-7,10-13,21-23H,4-5,8-9,14-17H2,(H2,28,32)(H,29,33)/t21-,22-,23+/m1/s1. The number of piperazine rings is 1. The van der Waals surface area contributed by atoms with Crippen LogP contribution in [0, 0.1) is 11.7 Å². The van der Waals surface area contributed by atoms with Crippen molar-refractivity contribution in [2.45, 2.75) is 37.8 Å². The second-order valence-corrected chi connectivity index (χ2v) is 9.05. The van der Waals surface area contributed by atoms with Gasteiger partial charge in [0.2, 0.25) is 11.8 Å². The molecule has 0 aromatic heterocycles. The largest absolute Gasteiger partial charge is 0.368 e. The summed E-state index contributed by atoms with van der Waals surface area (Å²) in [6.07, 6.45) is 3.66. The summed E-state index contributed by atoms with van der Waals surface area (Å²) in [7, 11) is 0. The molecule has 1 heterocycles. The van der Waals surface area contributed by atoms with Crippen molar-refractivity contribution in [1.82, 2.24) is 15.1 Å². The van der Waals surface area contributed by atoms with E-state index in [1.54, 1.807) is 17.0 Å². The van der Waals surface area contributed by atoms with Crippen LogP contribution < -0.4 is 11.1 Å². The number of amides is 3. The number of halogens is 1. The van der Waals surface area contributed by atoms with Crippen molar-refractivity contribution in [2.24, 2.45) is 11.7 Å². The fraction of sp³-hybridized carbons (Fsp3) is 0.423. The first-order chi connectivity index (χ1) is 16.4. The number of rotatable bonds is 6. The van der Waals surface area contributed by atoms with Crippen LogP contribution in [0.3, 0.4) is 0 Å². The molecule has 4 rings (SSSR count). The van der Waals surface area contributed by atoms with Crippen molar-refractivity contribution >= 4 is 17.7 Å². The number of carbonyl (C=O) groups excluding carboxylic acids is 3. The number of hydrogen-bond acceptors (Lipinski definition) is 4. The van der Waals surface area contributed by atoms with Crippen LogP contribution in [0.4, 0.5) is 4.39 Å². The maximum atomic E-state index is 13.3. The third kappa shape index (κ3) is 5.44. The number of hydrogen-bond donors (Lipinski definition) is 2. The van der Waals surface area contributed by atoms with E-state index in [9.17, 15) is 18.8 Å². The average molecular weight is 467 g/mol. The molecule has 2 aliphatic rings. The van der Waals surface area contributed by atoms with Gasteiger partial charge >= 0.3 is 0 Å². The molecule has 3 N–H and O–H groups in total. The summed E-state index contributed by atoms with van der Waals surface area (Å²) in [5.41, 5.74) is 6.75. The highest BCUT2D eigenvalue weighted by atomic mass is 19.1. The van der Waals surface area contributed by atoms with E-state index in [1.165, 1.54) is 24.3 Å². The molecule has 34 heavy (non-hydrogen) atoms. The SMILES string of the molecule is NC(=O)[C@@H](NC(=O)[C@@H]1CCCC[C@H]1N1CCN(C(=O)c2ccc(F)cc2)CC1)c1ccccc1. The summed E-state index contributed by atoms with van der Waals surface area (Å²) in [4.78, 5) is 42.2. The topological polar surface area (TPSA) is 95.7 Å². The van der Waals surface area contributed by atoms with Gasteiger partial charge in [-0.15, -0.1) is 0 Å². The Kier molecular flexibility index (Phi) is 7.57. The van der Waals surface area contributed by atoms with Crippen LogP contribution in [0.15, 0.2) is 54.6 Å². The Morgan fingerprint density at radius 3 is 2.21 bits per heavy atom. The Balaban J connectivity index is 1.39. The lowest BCUT2D eigenvalue weighted by molar-refractivity contribution is -0.133. The molecule has 1 saturated carbocycles. The number of benzene rings is 2. The Morgan fingerprint density at radius 1 is 0.912 bits per heavy atom. The lowest BCUT2D eigenvalue weighted by Gasteiger charge is -2.44. The smallest absolute Gasteiger partial charge is 0.253 e. The lowest BCUT2D eigenvalue weighted by Crippen LogP contribution is -2.56. The van der Waals surface area contributed by atoms with E-state index in [0.29, 0.717) is 37.3 Å². The Hall–Kier alpha value is -3.26. The van der Waals surface area contributed by atoms with Gasteiger partial charge in [-0.25, -0.2) is 4.39 Å². The van der Waals surface area contributed by atoms with Gasteiger partial charge in [0, 0.05) is 37.8 Å². The normalized spacial score (nSPS) is 22.1. The molecule has 2 aromatic carbocycles. The van der Waals surface area contributed by atoms with Gasteiger partial charge in [0.25, 0.3) is 5.91 Å². The van der Waals surface area contributed by atoms with Crippen LogP contribution >= 0.6 is 0 Å². The molecule has 1 aliphatic carbocycles. The molecular weight excluding hydrogens is 435 g/mol. The van der Waals surface area contributed by atoms with E-state index in [1.807, 2.05) is 18.2 Å². The summed E-state index contributed by atoms with van der Waals surface area (Å²) < 4.78 is 13.2. The van der Waals surface area contributed by atoms with Crippen molar-refractivity contribution in [2.75, 3.05) is 26.2 Å². The van der Waals surface area contributed by atoms with E-state index in [2.05, 4.69) is 10.2 Å². The van der Waals surface area contributed by atoms with E-state index < -0.39 is 11.9 Å². The van der Waals surface area contributed by atoms with E-state index in [-0.39, 0.29) is 29.6 Å². The van der Waals surface area contributed by atoms with Crippen LogP contribution in [0.25, 0.3) is 0 Å². The van der Waals surface area contributed by atoms with Crippen molar-refractivity contribution < 1.29 is 18.8 Å². The fourth-order valence-corrected chi connectivity index (χ4v) is 5.10. The van der Waals surface area contributed by atoms with Gasteiger partial charge in [0.05, 0.1) is 5.92 Å². The molecule has 0 bridgehead atoms. The molecule has 0 unspecified atom stereocenters. The van der Waals surface area contributed by atoms with Crippen molar-refractivity contribution in [1.29, 1.82) is 0 Å². The second-order valence-electron chi connectivity index (χ2n) is 9.05. The van der Waals surface area contributed by atoms with Gasteiger partial charge in [-0.05, 0) is 42.7 Å².